The summed E-state index contributed by atoms with van der Waals surface area (Å²) in [6.45, 7) is 0. The SMILES string of the molecule is [CH3-].[CH3-].[CH3-].[Li+]. The summed E-state index contributed by atoms with van der Waals surface area (Å²) in [6.07, 6.45) is 0. The van der Waals surface area contributed by atoms with Crippen molar-refractivity contribution in [3.05, 3.63) is 22.3 Å². The van der Waals surface area contributed by atoms with Crippen molar-refractivity contribution in [2.45, 2.75) is 0 Å². The van der Waals surface area contributed by atoms with Crippen molar-refractivity contribution in [1.82, 2.24) is 0 Å². The zero-order chi connectivity index (χ0) is 0. The van der Waals surface area contributed by atoms with Crippen LogP contribution in [0.1, 0.15) is 0 Å². The van der Waals surface area contributed by atoms with Crippen LogP contribution in [0.2, 0.25) is 0 Å². The van der Waals surface area contributed by atoms with Crippen LogP contribution in [0, 0.1) is 22.3 Å². The van der Waals surface area contributed by atoms with Crippen molar-refractivity contribution in [2.75, 3.05) is 0 Å². The summed E-state index contributed by atoms with van der Waals surface area (Å²) in [6, 6.07) is 0. The van der Waals surface area contributed by atoms with Crippen molar-refractivity contribution in [1.29, 1.82) is 0 Å². The molecule has 0 N–H and O–H groups in total. The van der Waals surface area contributed by atoms with Gasteiger partial charge in [-0.3, -0.25) is 0 Å². The third-order valence-electron chi connectivity index (χ3n) is 0. The Morgan fingerprint density at radius 2 is 0.500 bits per heavy atom. The van der Waals surface area contributed by atoms with E-state index in [0.717, 1.165) is 0 Å². The molecule has 0 fully saturated rings. The minimum absolute atomic E-state index is 0. The molecule has 0 saturated carbocycles. The first-order chi connectivity index (χ1) is 0. The molecule has 0 amide bonds. The molecule has 0 radical (unpaired) electrons. The van der Waals surface area contributed by atoms with Gasteiger partial charge in [-0.1, -0.05) is 0 Å². The number of rotatable bonds is 0. The molecule has 0 aliphatic heterocycles. The molecular weight excluding hydrogens is 43.0 g/mol. The molecule has 1 heteroatoms. The van der Waals surface area contributed by atoms with Gasteiger partial charge in [0, 0.05) is 0 Å². The topological polar surface area (TPSA) is 0 Å². The van der Waals surface area contributed by atoms with Crippen LogP contribution in [0.15, 0.2) is 0 Å². The van der Waals surface area contributed by atoms with Gasteiger partial charge in [-0.2, -0.15) is 0 Å². The van der Waals surface area contributed by atoms with Crippen LogP contribution in [0.25, 0.3) is 0 Å². The van der Waals surface area contributed by atoms with Crippen LogP contribution in [0.4, 0.5) is 0 Å². The fraction of sp³-hybridized carbons (Fsp3) is 0. The number of hydrogen-bond donors (Lipinski definition) is 0. The second-order valence-electron chi connectivity index (χ2n) is 0. The molecule has 24 valence electrons. The normalized spacial score (nSPS) is 0. The third-order valence-corrected chi connectivity index (χ3v) is 0. The van der Waals surface area contributed by atoms with E-state index in [9.17, 15) is 0 Å². The molecule has 0 atom stereocenters. The van der Waals surface area contributed by atoms with Gasteiger partial charge in [-0.25, -0.2) is 0 Å². The van der Waals surface area contributed by atoms with Gasteiger partial charge in [0.2, 0.25) is 0 Å². The van der Waals surface area contributed by atoms with E-state index in [0.29, 0.717) is 0 Å². The van der Waals surface area contributed by atoms with Crippen molar-refractivity contribution in [3.63, 3.8) is 0 Å². The Bertz CT molecular complexity index is 3.25. The van der Waals surface area contributed by atoms with Gasteiger partial charge < -0.3 is 22.3 Å². The quantitative estimate of drug-likeness (QED) is 0.229. The summed E-state index contributed by atoms with van der Waals surface area (Å²) in [5, 5.41) is 0. The van der Waals surface area contributed by atoms with Crippen LogP contribution in [-0.2, 0) is 0 Å². The van der Waals surface area contributed by atoms with Crippen LogP contribution in [0.3, 0.4) is 0 Å². The average molecular weight is 52.0 g/mol. The molecule has 0 unspecified atom stereocenters. The Morgan fingerprint density at radius 3 is 0.500 bits per heavy atom. The van der Waals surface area contributed by atoms with E-state index in [1.165, 1.54) is 0 Å². The molecule has 0 aliphatic carbocycles. The molecular formula is C3H9Li-2. The fourth-order valence-corrected chi connectivity index (χ4v) is 0. The van der Waals surface area contributed by atoms with E-state index in [-0.39, 0.29) is 41.1 Å². The summed E-state index contributed by atoms with van der Waals surface area (Å²) in [4.78, 5) is 0. The van der Waals surface area contributed by atoms with Gasteiger partial charge in [0.1, 0.15) is 0 Å². The van der Waals surface area contributed by atoms with E-state index < -0.39 is 0 Å². The van der Waals surface area contributed by atoms with Crippen molar-refractivity contribution < 1.29 is 18.9 Å². The molecule has 0 spiro atoms. The molecule has 0 saturated heterocycles. The maximum absolute atomic E-state index is 0. The summed E-state index contributed by atoms with van der Waals surface area (Å²) in [5.41, 5.74) is 0. The van der Waals surface area contributed by atoms with Gasteiger partial charge >= 0.3 is 18.9 Å². The molecule has 0 aromatic rings. The monoisotopic (exact) mass is 52.1 g/mol. The molecule has 0 heterocycles. The summed E-state index contributed by atoms with van der Waals surface area (Å²) in [7, 11) is 0. The first-order valence-electron chi connectivity index (χ1n) is 0. The van der Waals surface area contributed by atoms with Gasteiger partial charge in [0.25, 0.3) is 0 Å². The van der Waals surface area contributed by atoms with Crippen molar-refractivity contribution >= 4 is 0 Å². The molecule has 0 aromatic heterocycles. The Kier molecular flexibility index (Phi) is 2830. The minimum atomic E-state index is 0. The minimum Gasteiger partial charge on any atom is -0.358 e. The van der Waals surface area contributed by atoms with Crippen molar-refractivity contribution in [3.8, 4) is 0 Å². The maximum Gasteiger partial charge on any atom is 1.00 e. The zero-order valence-corrected chi connectivity index (χ0v) is 4.00. The smallest absolute Gasteiger partial charge is 0.358 e. The summed E-state index contributed by atoms with van der Waals surface area (Å²) in [5.74, 6) is 0. The molecule has 0 rings (SSSR count). The van der Waals surface area contributed by atoms with Gasteiger partial charge in [0.15, 0.2) is 0 Å². The van der Waals surface area contributed by atoms with E-state index in [4.69, 9.17) is 0 Å². The molecule has 4 heavy (non-hydrogen) atoms. The summed E-state index contributed by atoms with van der Waals surface area (Å²) >= 11 is 0. The summed E-state index contributed by atoms with van der Waals surface area (Å²) < 4.78 is 0. The van der Waals surface area contributed by atoms with E-state index in [1.54, 1.807) is 0 Å². The molecule has 0 bridgehead atoms. The standard InChI is InChI=1S/3CH3.Li/h3*1H3;/q3*-1;+1. The fourth-order valence-electron chi connectivity index (χ4n) is 0. The van der Waals surface area contributed by atoms with Crippen LogP contribution in [0.5, 0.6) is 0 Å². The zero-order valence-electron chi connectivity index (χ0n) is 4.00. The Morgan fingerprint density at radius 1 is 0.500 bits per heavy atom. The molecule has 0 nitrogen and oxygen atoms in total. The second-order valence-corrected chi connectivity index (χ2v) is 0. The van der Waals surface area contributed by atoms with Gasteiger partial charge in [0.05, 0.1) is 0 Å². The third kappa shape index (κ3) is 18.6. The second kappa shape index (κ2) is 68.0. The average Bonchev–Trinajstić information content (AvgIpc) is 0. The largest absolute Gasteiger partial charge is 1.00 e. The van der Waals surface area contributed by atoms with Crippen LogP contribution >= 0.6 is 0 Å². The van der Waals surface area contributed by atoms with E-state index in [2.05, 4.69) is 0 Å². The van der Waals surface area contributed by atoms with Gasteiger partial charge in [-0.05, 0) is 0 Å². The van der Waals surface area contributed by atoms with Crippen LogP contribution in [-0.4, -0.2) is 0 Å². The maximum atomic E-state index is 0. The van der Waals surface area contributed by atoms with Gasteiger partial charge in [-0.15, -0.1) is 0 Å². The first kappa shape index (κ1) is 167. The van der Waals surface area contributed by atoms with Crippen molar-refractivity contribution in [2.24, 2.45) is 0 Å². The van der Waals surface area contributed by atoms with Crippen LogP contribution < -0.4 is 18.9 Å². The molecule has 0 aromatic carbocycles. The Hall–Kier alpha value is 0.597. The Labute approximate surface area is 41.8 Å². The Balaban J connectivity index is 0. The van der Waals surface area contributed by atoms with E-state index in [1.807, 2.05) is 0 Å². The first-order valence-corrected chi connectivity index (χ1v) is 0. The molecule has 0 aliphatic rings. The van der Waals surface area contributed by atoms with E-state index >= 15 is 0 Å². The predicted octanol–water partition coefficient (Wildman–Crippen LogP) is -1.65. The predicted molar refractivity (Wildman–Crippen MR) is 19.2 cm³/mol. The number of hydrogen-bond acceptors (Lipinski definition) is 0.